The molecule has 0 rings (SSSR count). The molecule has 0 atom stereocenters. The third-order valence-electron chi connectivity index (χ3n) is 0.932. The van der Waals surface area contributed by atoms with E-state index in [1.807, 2.05) is 0 Å². The normalized spacial score (nSPS) is 10.5. The van der Waals surface area contributed by atoms with Crippen LogP contribution in [0.5, 0.6) is 0 Å². The van der Waals surface area contributed by atoms with Crippen molar-refractivity contribution in [1.82, 2.24) is 0 Å². The van der Waals surface area contributed by atoms with Crippen LogP contribution in [-0.2, 0) is 0 Å². The van der Waals surface area contributed by atoms with Crippen LogP contribution in [0.15, 0.2) is 0 Å². The second kappa shape index (κ2) is 6.04. The van der Waals surface area contributed by atoms with Crippen LogP contribution in [0.2, 0.25) is 0 Å². The molecule has 0 aromatic rings. The summed E-state index contributed by atoms with van der Waals surface area (Å²) in [6, 6.07) is 0. The molecule has 0 aliphatic carbocycles. The molecule has 0 aromatic carbocycles. The Morgan fingerprint density at radius 1 is 1.12 bits per heavy atom. The van der Waals surface area contributed by atoms with Crippen molar-refractivity contribution in [3.05, 3.63) is 0 Å². The van der Waals surface area contributed by atoms with Gasteiger partial charge in [0, 0.05) is 0 Å². The molecule has 50 valence electrons. The summed E-state index contributed by atoms with van der Waals surface area (Å²) >= 11 is 3.66. The third kappa shape index (κ3) is 5.05. The highest BCUT2D eigenvalue weighted by molar-refractivity contribution is 9.39. The Morgan fingerprint density at radius 2 is 1.50 bits per heavy atom. The van der Waals surface area contributed by atoms with Gasteiger partial charge in [-0.25, -0.2) is 0 Å². The summed E-state index contributed by atoms with van der Waals surface area (Å²) in [5.41, 5.74) is 0. The van der Waals surface area contributed by atoms with Crippen LogP contribution in [0.25, 0.3) is 0 Å². The zero-order chi connectivity index (χ0) is 6.41. The summed E-state index contributed by atoms with van der Waals surface area (Å²) in [5.74, 6) is 0. The summed E-state index contributed by atoms with van der Waals surface area (Å²) in [6.07, 6.45) is 5.44. The predicted octanol–water partition coefficient (Wildman–Crippen LogP) is 3.60. The van der Waals surface area contributed by atoms with Crippen LogP contribution >= 0.6 is 22.1 Å². The summed E-state index contributed by atoms with van der Waals surface area (Å²) in [6.45, 7) is 4.72. The molecule has 0 fully saturated rings. The highest BCUT2D eigenvalue weighted by Crippen LogP contribution is 2.44. The van der Waals surface area contributed by atoms with Crippen molar-refractivity contribution < 1.29 is 0 Å². The van der Waals surface area contributed by atoms with E-state index in [4.69, 9.17) is 0 Å². The van der Waals surface area contributed by atoms with Gasteiger partial charge in [-0.15, -0.1) is 0 Å². The molecule has 0 spiro atoms. The molecule has 0 heterocycles. The molecule has 0 bridgehead atoms. The fourth-order valence-corrected chi connectivity index (χ4v) is 3.92. The van der Waals surface area contributed by atoms with E-state index in [9.17, 15) is 0 Å². The van der Waals surface area contributed by atoms with Crippen LogP contribution < -0.4 is 0 Å². The van der Waals surface area contributed by atoms with E-state index >= 15 is 0 Å². The number of halogens is 1. The minimum Gasteiger partial charge on any atom is -0.0650 e. The molecule has 0 amide bonds. The molecular weight excluding hydrogens is 183 g/mol. The topological polar surface area (TPSA) is 0 Å². The van der Waals surface area contributed by atoms with Crippen LogP contribution in [0.3, 0.4) is 0 Å². The quantitative estimate of drug-likeness (QED) is 0.604. The maximum absolute atomic E-state index is 3.66. The van der Waals surface area contributed by atoms with Crippen LogP contribution in [-0.4, -0.2) is 12.3 Å². The molecule has 0 saturated heterocycles. The van der Waals surface area contributed by atoms with Crippen LogP contribution in [0, 0.1) is 0 Å². The lowest BCUT2D eigenvalue weighted by molar-refractivity contribution is 1.06. The molecule has 0 aliphatic rings. The molecule has 0 nitrogen and oxygen atoms in total. The lowest BCUT2D eigenvalue weighted by atomic mass is 10.6. The van der Waals surface area contributed by atoms with Crippen molar-refractivity contribution >= 4 is 22.1 Å². The molecular formula is C6H14BrP. The summed E-state index contributed by atoms with van der Waals surface area (Å²) in [4.78, 5) is 0. The Morgan fingerprint density at radius 3 is 1.75 bits per heavy atom. The van der Waals surface area contributed by atoms with Gasteiger partial charge in [0.2, 0.25) is 0 Å². The maximum Gasteiger partial charge on any atom is -0.0230 e. The molecule has 2 heteroatoms. The monoisotopic (exact) mass is 196 g/mol. The molecule has 0 aromatic heterocycles. The fourth-order valence-electron chi connectivity index (χ4n) is 0.597. The van der Waals surface area contributed by atoms with Gasteiger partial charge >= 0.3 is 0 Å². The van der Waals surface area contributed by atoms with Gasteiger partial charge in [-0.2, -0.15) is 0 Å². The molecule has 8 heavy (non-hydrogen) atoms. The van der Waals surface area contributed by atoms with Crippen molar-refractivity contribution in [3.8, 4) is 0 Å². The number of rotatable bonds is 4. The molecule has 0 radical (unpaired) electrons. The van der Waals surface area contributed by atoms with Crippen molar-refractivity contribution in [3.63, 3.8) is 0 Å². The first-order valence-electron chi connectivity index (χ1n) is 3.22. The van der Waals surface area contributed by atoms with Crippen molar-refractivity contribution in [2.75, 3.05) is 12.3 Å². The van der Waals surface area contributed by atoms with E-state index in [0.717, 1.165) is 0 Å². The molecule has 0 saturated carbocycles. The standard InChI is InChI=1S/C6H14BrP/c1-3-5-8(7)6-4-2/h3-6H2,1-2H3. The second-order valence-electron chi connectivity index (χ2n) is 1.91. The predicted molar refractivity (Wildman–Crippen MR) is 46.2 cm³/mol. The smallest absolute Gasteiger partial charge is 0.0230 e. The van der Waals surface area contributed by atoms with E-state index in [-0.39, 0.29) is 6.62 Å². The van der Waals surface area contributed by atoms with Gasteiger partial charge in [0.25, 0.3) is 0 Å². The number of hydrogen-bond acceptors (Lipinski definition) is 0. The summed E-state index contributed by atoms with van der Waals surface area (Å²) in [7, 11) is 0. The largest absolute Gasteiger partial charge is 0.0650 e. The van der Waals surface area contributed by atoms with E-state index in [2.05, 4.69) is 29.3 Å². The van der Waals surface area contributed by atoms with Gasteiger partial charge in [-0.05, 0) is 18.9 Å². The van der Waals surface area contributed by atoms with Gasteiger partial charge in [-0.3, -0.25) is 0 Å². The van der Waals surface area contributed by atoms with Crippen molar-refractivity contribution in [2.24, 2.45) is 0 Å². The third-order valence-corrected chi connectivity index (χ3v) is 4.93. The average Bonchev–Trinajstić information content (AvgIpc) is 1.68. The molecule has 0 aliphatic heterocycles. The highest BCUT2D eigenvalue weighted by Gasteiger charge is 1.97. The minimum atomic E-state index is 0.232. The lowest BCUT2D eigenvalue weighted by Crippen LogP contribution is -1.79. The Kier molecular flexibility index (Phi) is 6.72. The first-order chi connectivity index (χ1) is 3.81. The van der Waals surface area contributed by atoms with E-state index in [1.165, 1.54) is 25.2 Å². The highest BCUT2D eigenvalue weighted by atomic mass is 79.9. The van der Waals surface area contributed by atoms with Crippen LogP contribution in [0.4, 0.5) is 0 Å². The Bertz CT molecular complexity index is 41.8. The van der Waals surface area contributed by atoms with E-state index in [1.54, 1.807) is 0 Å². The van der Waals surface area contributed by atoms with Gasteiger partial charge in [-0.1, -0.05) is 42.2 Å². The van der Waals surface area contributed by atoms with Gasteiger partial charge in [0.1, 0.15) is 0 Å². The summed E-state index contributed by atoms with van der Waals surface area (Å²) in [5, 5.41) is 0. The lowest BCUT2D eigenvalue weighted by Gasteiger charge is -2.04. The van der Waals surface area contributed by atoms with Crippen molar-refractivity contribution in [2.45, 2.75) is 26.7 Å². The fraction of sp³-hybridized carbons (Fsp3) is 1.00. The first kappa shape index (κ1) is 8.91. The molecule has 0 unspecified atom stereocenters. The zero-order valence-corrected chi connectivity index (χ0v) is 8.13. The summed E-state index contributed by atoms with van der Waals surface area (Å²) < 4.78 is 0. The Hall–Kier alpha value is 0.910. The van der Waals surface area contributed by atoms with Gasteiger partial charge < -0.3 is 0 Å². The second-order valence-corrected chi connectivity index (χ2v) is 6.74. The molecule has 0 N–H and O–H groups in total. The SMILES string of the molecule is CCCP(Br)CCC. The van der Waals surface area contributed by atoms with Gasteiger partial charge in [0.05, 0.1) is 0 Å². The first-order valence-corrected chi connectivity index (χ1v) is 6.95. The van der Waals surface area contributed by atoms with E-state index < -0.39 is 0 Å². The van der Waals surface area contributed by atoms with Crippen LogP contribution in [0.1, 0.15) is 26.7 Å². The Balaban J connectivity index is 2.92. The number of hydrogen-bond donors (Lipinski definition) is 0. The average molecular weight is 197 g/mol. The Labute approximate surface area is 61.5 Å². The van der Waals surface area contributed by atoms with Crippen molar-refractivity contribution in [1.29, 1.82) is 0 Å². The van der Waals surface area contributed by atoms with E-state index in [0.29, 0.717) is 0 Å². The maximum atomic E-state index is 3.66. The minimum absolute atomic E-state index is 0.232. The zero-order valence-electron chi connectivity index (χ0n) is 5.65. The van der Waals surface area contributed by atoms with Gasteiger partial charge in [0.15, 0.2) is 0 Å².